The molecule has 0 fully saturated rings. The van der Waals surface area contributed by atoms with Crippen LogP contribution < -0.4 is 5.73 Å². The Morgan fingerprint density at radius 2 is 2.05 bits per heavy atom. The number of nitrogens with two attached hydrogens (primary N) is 1. The largest absolute Gasteiger partial charge is 0.416 e. The third-order valence-corrected chi connectivity index (χ3v) is 3.27. The molecule has 21 heavy (non-hydrogen) atoms. The van der Waals surface area contributed by atoms with Crippen molar-refractivity contribution in [2.45, 2.75) is 38.9 Å². The van der Waals surface area contributed by atoms with Crippen LogP contribution in [0, 0.1) is 6.92 Å². The molecule has 0 bridgehead atoms. The van der Waals surface area contributed by atoms with Gasteiger partial charge in [0.25, 0.3) is 0 Å². The van der Waals surface area contributed by atoms with Gasteiger partial charge in [-0.3, -0.25) is 0 Å². The first-order chi connectivity index (χ1) is 9.82. The second kappa shape index (κ2) is 5.85. The molecule has 1 aromatic heterocycles. The normalized spacial score (nSPS) is 13.4. The molecule has 4 nitrogen and oxygen atoms in total. The lowest BCUT2D eigenvalue weighted by Crippen LogP contribution is -2.10. The molecule has 114 valence electrons. The summed E-state index contributed by atoms with van der Waals surface area (Å²) in [5, 5.41) is 7.84. The van der Waals surface area contributed by atoms with Crippen molar-refractivity contribution in [1.82, 2.24) is 15.0 Å². The highest BCUT2D eigenvalue weighted by atomic mass is 19.4. The quantitative estimate of drug-likeness (QED) is 0.941. The maximum absolute atomic E-state index is 12.8. The van der Waals surface area contributed by atoms with E-state index in [0.717, 1.165) is 25.0 Å². The van der Waals surface area contributed by atoms with Crippen molar-refractivity contribution in [1.29, 1.82) is 0 Å². The van der Waals surface area contributed by atoms with Crippen LogP contribution in [0.3, 0.4) is 0 Å². The number of aromatic nitrogens is 3. The van der Waals surface area contributed by atoms with Crippen LogP contribution in [0.2, 0.25) is 0 Å². The molecule has 0 saturated carbocycles. The van der Waals surface area contributed by atoms with E-state index in [1.807, 2.05) is 6.92 Å². The molecule has 1 unspecified atom stereocenters. The van der Waals surface area contributed by atoms with Gasteiger partial charge in [-0.15, -0.1) is 5.10 Å². The maximum Gasteiger partial charge on any atom is 0.416 e. The molecule has 0 saturated heterocycles. The third kappa shape index (κ3) is 3.41. The van der Waals surface area contributed by atoms with E-state index in [9.17, 15) is 13.2 Å². The molecule has 2 rings (SSSR count). The summed E-state index contributed by atoms with van der Waals surface area (Å²) in [6.07, 6.45) is -1.15. The monoisotopic (exact) mass is 298 g/mol. The third-order valence-electron chi connectivity index (χ3n) is 3.27. The zero-order chi connectivity index (χ0) is 15.6. The van der Waals surface area contributed by atoms with E-state index in [0.29, 0.717) is 16.9 Å². The van der Waals surface area contributed by atoms with Gasteiger partial charge in [0.1, 0.15) is 0 Å². The van der Waals surface area contributed by atoms with Gasteiger partial charge in [-0.05, 0) is 31.0 Å². The predicted molar refractivity (Wildman–Crippen MR) is 72.9 cm³/mol. The van der Waals surface area contributed by atoms with Crippen molar-refractivity contribution in [3.63, 3.8) is 0 Å². The standard InChI is InChI=1S/C14H17F3N4/c1-3-4-11(18)12-8-21(20-19-12)13-7-10(14(15,16)17)6-5-9(13)2/h5-8,11H,3-4,18H2,1-2H3. The molecule has 1 atom stereocenters. The average molecular weight is 298 g/mol. The van der Waals surface area contributed by atoms with Gasteiger partial charge in [0.2, 0.25) is 0 Å². The highest BCUT2D eigenvalue weighted by Crippen LogP contribution is 2.31. The molecule has 2 N–H and O–H groups in total. The summed E-state index contributed by atoms with van der Waals surface area (Å²) in [6.45, 7) is 3.73. The van der Waals surface area contributed by atoms with E-state index in [4.69, 9.17) is 5.73 Å². The van der Waals surface area contributed by atoms with Crippen LogP contribution in [0.1, 0.15) is 42.6 Å². The number of nitrogens with zero attached hydrogens (tertiary/aromatic N) is 3. The van der Waals surface area contributed by atoms with E-state index in [1.165, 1.54) is 10.7 Å². The van der Waals surface area contributed by atoms with E-state index in [2.05, 4.69) is 10.3 Å². The molecule has 0 spiro atoms. The van der Waals surface area contributed by atoms with Gasteiger partial charge < -0.3 is 5.73 Å². The van der Waals surface area contributed by atoms with Crippen molar-refractivity contribution >= 4 is 0 Å². The van der Waals surface area contributed by atoms with E-state index >= 15 is 0 Å². The maximum atomic E-state index is 12.8. The van der Waals surface area contributed by atoms with Gasteiger partial charge in [-0.25, -0.2) is 4.68 Å². The fourth-order valence-corrected chi connectivity index (χ4v) is 2.06. The van der Waals surface area contributed by atoms with Crippen LogP contribution in [0.25, 0.3) is 5.69 Å². The van der Waals surface area contributed by atoms with Crippen molar-refractivity contribution in [3.05, 3.63) is 41.2 Å². The average Bonchev–Trinajstić information content (AvgIpc) is 2.87. The number of benzene rings is 1. The lowest BCUT2D eigenvalue weighted by Gasteiger charge is -2.11. The Kier molecular flexibility index (Phi) is 4.32. The molecular weight excluding hydrogens is 281 g/mol. The highest BCUT2D eigenvalue weighted by Gasteiger charge is 2.31. The minimum Gasteiger partial charge on any atom is -0.323 e. The molecule has 2 aromatic rings. The number of hydrogen-bond donors (Lipinski definition) is 1. The Hall–Kier alpha value is -1.89. The van der Waals surface area contributed by atoms with Crippen molar-refractivity contribution in [2.24, 2.45) is 5.73 Å². The fraction of sp³-hybridized carbons (Fsp3) is 0.429. The SMILES string of the molecule is CCCC(N)c1cn(-c2cc(C(F)(F)F)ccc2C)nn1. The Morgan fingerprint density at radius 3 is 2.67 bits per heavy atom. The van der Waals surface area contributed by atoms with E-state index in [-0.39, 0.29) is 6.04 Å². The highest BCUT2D eigenvalue weighted by molar-refractivity contribution is 5.43. The Morgan fingerprint density at radius 1 is 1.33 bits per heavy atom. The van der Waals surface area contributed by atoms with Gasteiger partial charge in [0, 0.05) is 0 Å². The number of rotatable bonds is 4. The van der Waals surface area contributed by atoms with Crippen molar-refractivity contribution in [2.75, 3.05) is 0 Å². The fourth-order valence-electron chi connectivity index (χ4n) is 2.06. The second-order valence-electron chi connectivity index (χ2n) is 4.98. The summed E-state index contributed by atoms with van der Waals surface area (Å²) in [6, 6.07) is 3.29. The van der Waals surface area contributed by atoms with Gasteiger partial charge in [-0.1, -0.05) is 24.6 Å². The van der Waals surface area contributed by atoms with E-state index in [1.54, 1.807) is 13.1 Å². The molecule has 0 aliphatic heterocycles. The van der Waals surface area contributed by atoms with E-state index < -0.39 is 11.7 Å². The molecule has 7 heteroatoms. The Bertz CT molecular complexity index is 619. The smallest absolute Gasteiger partial charge is 0.323 e. The Labute approximate surface area is 120 Å². The van der Waals surface area contributed by atoms with Crippen molar-refractivity contribution < 1.29 is 13.2 Å². The van der Waals surface area contributed by atoms with Crippen molar-refractivity contribution in [3.8, 4) is 5.69 Å². The summed E-state index contributed by atoms with van der Waals surface area (Å²) < 4.78 is 39.7. The molecule has 0 amide bonds. The zero-order valence-electron chi connectivity index (χ0n) is 11.9. The van der Waals surface area contributed by atoms with Crippen LogP contribution in [-0.2, 0) is 6.18 Å². The molecule has 0 radical (unpaired) electrons. The first-order valence-electron chi connectivity index (χ1n) is 6.69. The number of alkyl halides is 3. The van der Waals surface area contributed by atoms with Crippen LogP contribution in [0.5, 0.6) is 0 Å². The summed E-state index contributed by atoms with van der Waals surface area (Å²) >= 11 is 0. The molecule has 1 heterocycles. The first kappa shape index (κ1) is 15.5. The Balaban J connectivity index is 2.38. The van der Waals surface area contributed by atoms with Crippen LogP contribution in [0.15, 0.2) is 24.4 Å². The molecular formula is C14H17F3N4. The zero-order valence-corrected chi connectivity index (χ0v) is 11.9. The summed E-state index contributed by atoms with van der Waals surface area (Å²) in [4.78, 5) is 0. The van der Waals surface area contributed by atoms with Crippen LogP contribution in [0.4, 0.5) is 13.2 Å². The second-order valence-corrected chi connectivity index (χ2v) is 4.98. The van der Waals surface area contributed by atoms with Gasteiger partial charge >= 0.3 is 6.18 Å². The lowest BCUT2D eigenvalue weighted by atomic mass is 10.1. The predicted octanol–water partition coefficient (Wildman–Crippen LogP) is 3.39. The molecule has 1 aromatic carbocycles. The molecule has 0 aliphatic rings. The van der Waals surface area contributed by atoms with Gasteiger partial charge in [0.05, 0.1) is 29.2 Å². The topological polar surface area (TPSA) is 56.7 Å². The lowest BCUT2D eigenvalue weighted by molar-refractivity contribution is -0.137. The summed E-state index contributed by atoms with van der Waals surface area (Å²) in [5.41, 5.74) is 6.84. The van der Waals surface area contributed by atoms with Gasteiger partial charge in [0.15, 0.2) is 0 Å². The number of halogens is 3. The molecule has 0 aliphatic carbocycles. The van der Waals surface area contributed by atoms with Crippen LogP contribution in [-0.4, -0.2) is 15.0 Å². The first-order valence-corrected chi connectivity index (χ1v) is 6.69. The minimum absolute atomic E-state index is 0.255. The number of aryl methyl sites for hydroxylation is 1. The van der Waals surface area contributed by atoms with Gasteiger partial charge in [-0.2, -0.15) is 13.2 Å². The summed E-state index contributed by atoms with van der Waals surface area (Å²) in [5.74, 6) is 0. The minimum atomic E-state index is -4.38. The summed E-state index contributed by atoms with van der Waals surface area (Å²) in [7, 11) is 0. The number of hydrogen-bond acceptors (Lipinski definition) is 3. The van der Waals surface area contributed by atoms with Crippen LogP contribution >= 0.6 is 0 Å².